The minimum Gasteiger partial charge on any atom is -0.449 e. The second-order valence-corrected chi connectivity index (χ2v) is 6.45. The highest BCUT2D eigenvalue weighted by atomic mass is 16.7. The van der Waals surface area contributed by atoms with E-state index in [9.17, 15) is 14.7 Å². The van der Waals surface area contributed by atoms with E-state index in [1.807, 2.05) is 6.92 Å². The van der Waals surface area contributed by atoms with Gasteiger partial charge in [0.2, 0.25) is 11.8 Å². The summed E-state index contributed by atoms with van der Waals surface area (Å²) in [6.45, 7) is 4.47. The first-order chi connectivity index (χ1) is 10.9. The molecule has 0 aromatic carbocycles. The van der Waals surface area contributed by atoms with Gasteiger partial charge in [0.05, 0.1) is 18.1 Å². The molecule has 4 atom stereocenters. The van der Waals surface area contributed by atoms with Crippen molar-refractivity contribution in [2.45, 2.75) is 51.3 Å². The van der Waals surface area contributed by atoms with Gasteiger partial charge >= 0.3 is 6.16 Å². The second kappa shape index (κ2) is 5.98. The first-order valence-electron chi connectivity index (χ1n) is 7.97. The van der Waals surface area contributed by atoms with Gasteiger partial charge in [-0.25, -0.2) is 4.79 Å². The van der Waals surface area contributed by atoms with Crippen LogP contribution in [-0.2, 0) is 9.53 Å². The molecule has 23 heavy (non-hydrogen) atoms. The number of carbonyl (C=O) groups is 2. The number of amides is 1. The molecule has 126 valence electrons. The van der Waals surface area contributed by atoms with Crippen molar-refractivity contribution < 1.29 is 24.5 Å². The van der Waals surface area contributed by atoms with Gasteiger partial charge in [0.1, 0.15) is 0 Å². The number of β-lactam (4-membered cyclic amide) rings is 1. The number of fused-ring (bicyclic) bond motifs is 1. The Morgan fingerprint density at radius 2 is 2.26 bits per heavy atom. The minimum atomic E-state index is -1.43. The van der Waals surface area contributed by atoms with Crippen LogP contribution in [-0.4, -0.2) is 51.9 Å². The van der Waals surface area contributed by atoms with Gasteiger partial charge in [-0.2, -0.15) is 0 Å². The van der Waals surface area contributed by atoms with Gasteiger partial charge < -0.3 is 20.3 Å². The maximum Gasteiger partial charge on any atom is 0.512 e. The summed E-state index contributed by atoms with van der Waals surface area (Å²) in [4.78, 5) is 24.6. The second-order valence-electron chi connectivity index (χ2n) is 6.45. The third kappa shape index (κ3) is 2.74. The van der Waals surface area contributed by atoms with Crippen LogP contribution in [0.25, 0.3) is 0 Å². The molecule has 0 unspecified atom stereocenters. The maximum atomic E-state index is 12.2. The number of allylic oxidation sites excluding steroid dienone is 1. The van der Waals surface area contributed by atoms with E-state index in [4.69, 9.17) is 9.84 Å². The SMILES string of the molecule is CC(=C[C@H]1CCCN1)C1=C(OC(=O)O)N2C(=O)[C@H]([C@@H](C)O)[C@H]2C1. The average Bonchev–Trinajstić information content (AvgIpc) is 3.03. The lowest BCUT2D eigenvalue weighted by Gasteiger charge is -2.44. The van der Waals surface area contributed by atoms with Crippen molar-refractivity contribution in [3.63, 3.8) is 0 Å². The highest BCUT2D eigenvalue weighted by molar-refractivity contribution is 5.90. The lowest BCUT2D eigenvalue weighted by Crippen LogP contribution is -2.61. The van der Waals surface area contributed by atoms with E-state index in [2.05, 4.69) is 11.4 Å². The molecule has 2 fully saturated rings. The Balaban J connectivity index is 1.88. The predicted octanol–water partition coefficient (Wildman–Crippen LogP) is 1.20. The Morgan fingerprint density at radius 1 is 1.52 bits per heavy atom. The third-order valence-corrected chi connectivity index (χ3v) is 4.89. The summed E-state index contributed by atoms with van der Waals surface area (Å²) < 4.78 is 4.90. The smallest absolute Gasteiger partial charge is 0.449 e. The zero-order valence-corrected chi connectivity index (χ0v) is 13.3. The molecule has 3 heterocycles. The topological polar surface area (TPSA) is 99.1 Å². The lowest BCUT2D eigenvalue weighted by atomic mass is 9.82. The number of aliphatic hydroxyl groups excluding tert-OH is 1. The number of rotatable bonds is 4. The van der Waals surface area contributed by atoms with Crippen molar-refractivity contribution in [2.75, 3.05) is 6.54 Å². The molecule has 2 saturated heterocycles. The zero-order chi connectivity index (χ0) is 16.7. The van der Waals surface area contributed by atoms with E-state index >= 15 is 0 Å². The van der Waals surface area contributed by atoms with Gasteiger partial charge in [-0.15, -0.1) is 0 Å². The molecule has 0 aromatic rings. The quantitative estimate of drug-likeness (QED) is 0.531. The molecule has 3 aliphatic heterocycles. The summed E-state index contributed by atoms with van der Waals surface area (Å²) in [6, 6.07) is 0.0526. The Hall–Kier alpha value is -1.86. The molecule has 0 aliphatic carbocycles. The fourth-order valence-corrected chi connectivity index (χ4v) is 3.78. The first kappa shape index (κ1) is 16.0. The zero-order valence-electron chi connectivity index (χ0n) is 13.3. The molecule has 7 nitrogen and oxygen atoms in total. The Kier molecular flexibility index (Phi) is 4.16. The summed E-state index contributed by atoms with van der Waals surface area (Å²) in [7, 11) is 0. The molecule has 0 aromatic heterocycles. The van der Waals surface area contributed by atoms with Gasteiger partial charge in [0, 0.05) is 11.6 Å². The van der Waals surface area contributed by atoms with Gasteiger partial charge in [0.15, 0.2) is 0 Å². The van der Waals surface area contributed by atoms with Crippen molar-refractivity contribution in [3.8, 4) is 0 Å². The molecule has 3 N–H and O–H groups in total. The lowest BCUT2D eigenvalue weighted by molar-refractivity contribution is -0.160. The molecular formula is C16H22N2O5. The normalized spacial score (nSPS) is 32.0. The summed E-state index contributed by atoms with van der Waals surface area (Å²) in [5.74, 6) is -0.656. The molecule has 3 aliphatic rings. The molecule has 0 saturated carbocycles. The van der Waals surface area contributed by atoms with Gasteiger partial charge in [0.25, 0.3) is 0 Å². The van der Waals surface area contributed by atoms with Crippen LogP contribution in [0, 0.1) is 5.92 Å². The molecule has 1 amide bonds. The Morgan fingerprint density at radius 3 is 2.83 bits per heavy atom. The van der Waals surface area contributed by atoms with E-state index in [0.29, 0.717) is 6.42 Å². The van der Waals surface area contributed by atoms with E-state index in [1.165, 1.54) is 4.90 Å². The fourth-order valence-electron chi connectivity index (χ4n) is 3.78. The molecule has 7 heteroatoms. The van der Waals surface area contributed by atoms with E-state index in [1.54, 1.807) is 6.92 Å². The van der Waals surface area contributed by atoms with Crippen molar-refractivity contribution in [3.05, 3.63) is 23.1 Å². The fraction of sp³-hybridized carbons (Fsp3) is 0.625. The average molecular weight is 322 g/mol. The maximum absolute atomic E-state index is 12.2. The van der Waals surface area contributed by atoms with Crippen molar-refractivity contribution in [1.29, 1.82) is 0 Å². The summed E-state index contributed by atoms with van der Waals surface area (Å²) in [5, 5.41) is 22.1. The van der Waals surface area contributed by atoms with Crippen LogP contribution in [0.5, 0.6) is 0 Å². The van der Waals surface area contributed by atoms with Crippen molar-refractivity contribution >= 4 is 12.1 Å². The molecule has 0 spiro atoms. The third-order valence-electron chi connectivity index (χ3n) is 4.89. The monoisotopic (exact) mass is 322 g/mol. The number of hydrogen-bond acceptors (Lipinski definition) is 5. The van der Waals surface area contributed by atoms with E-state index in [-0.39, 0.29) is 23.9 Å². The number of carboxylic acid groups (broad SMARTS) is 1. The number of hydrogen-bond donors (Lipinski definition) is 3. The Bertz CT molecular complexity index is 589. The van der Waals surface area contributed by atoms with Crippen LogP contribution in [0.2, 0.25) is 0 Å². The highest BCUT2D eigenvalue weighted by Gasteiger charge is 2.56. The number of nitrogens with one attached hydrogen (secondary N) is 1. The summed E-state index contributed by atoms with van der Waals surface area (Å²) >= 11 is 0. The van der Waals surface area contributed by atoms with Gasteiger partial charge in [-0.3, -0.25) is 9.69 Å². The molecule has 3 rings (SSSR count). The first-order valence-corrected chi connectivity index (χ1v) is 7.97. The van der Waals surface area contributed by atoms with Crippen molar-refractivity contribution in [2.24, 2.45) is 5.92 Å². The largest absolute Gasteiger partial charge is 0.512 e. The summed E-state index contributed by atoms with van der Waals surface area (Å²) in [5.41, 5.74) is 1.66. The van der Waals surface area contributed by atoms with Gasteiger partial charge in [-0.1, -0.05) is 6.08 Å². The van der Waals surface area contributed by atoms with Crippen LogP contribution in [0.1, 0.15) is 33.1 Å². The van der Waals surface area contributed by atoms with Crippen LogP contribution < -0.4 is 5.32 Å². The molecule has 0 bridgehead atoms. The van der Waals surface area contributed by atoms with E-state index in [0.717, 1.165) is 30.5 Å². The van der Waals surface area contributed by atoms with Crippen LogP contribution in [0.4, 0.5) is 4.79 Å². The Labute approximate surface area is 134 Å². The van der Waals surface area contributed by atoms with Crippen LogP contribution in [0.3, 0.4) is 0 Å². The molecular weight excluding hydrogens is 300 g/mol. The number of aliphatic hydroxyl groups is 1. The van der Waals surface area contributed by atoms with Gasteiger partial charge in [-0.05, 0) is 45.2 Å². The van der Waals surface area contributed by atoms with Crippen molar-refractivity contribution in [1.82, 2.24) is 10.2 Å². The highest BCUT2D eigenvalue weighted by Crippen LogP contribution is 2.46. The minimum absolute atomic E-state index is 0.108. The number of carbonyl (C=O) groups excluding carboxylic acids is 1. The number of ether oxygens (including phenoxy) is 1. The van der Waals surface area contributed by atoms with Crippen LogP contribution in [0.15, 0.2) is 23.1 Å². The van der Waals surface area contributed by atoms with Crippen LogP contribution >= 0.6 is 0 Å². The van der Waals surface area contributed by atoms with E-state index < -0.39 is 18.2 Å². The summed E-state index contributed by atoms with van der Waals surface area (Å²) in [6.07, 6.45) is 2.55. The molecule has 0 radical (unpaired) electrons. The predicted molar refractivity (Wildman–Crippen MR) is 81.3 cm³/mol. The number of nitrogens with zero attached hydrogens (tertiary/aromatic N) is 1. The standard InChI is InChI=1S/C16H22N2O5/c1-8(6-10-4-3-5-17-10)11-7-12-13(9(2)19)14(20)18(12)15(11)23-16(21)22/h6,9-10,12-13,17,19H,3-5,7H2,1-2H3,(H,21,22)/t9-,10-,12-,13-/m1/s1.